The van der Waals surface area contributed by atoms with Gasteiger partial charge in [-0.2, -0.15) is 5.10 Å². The van der Waals surface area contributed by atoms with Gasteiger partial charge in [0.1, 0.15) is 5.15 Å². The summed E-state index contributed by atoms with van der Waals surface area (Å²) >= 11 is 7.72. The van der Waals surface area contributed by atoms with Crippen molar-refractivity contribution in [3.05, 3.63) is 27.5 Å². The molecule has 5 nitrogen and oxygen atoms in total. The van der Waals surface area contributed by atoms with Gasteiger partial charge in [0.2, 0.25) is 0 Å². The summed E-state index contributed by atoms with van der Waals surface area (Å²) in [7, 11) is 1.86. The predicted molar refractivity (Wildman–Crippen MR) is 77.6 cm³/mol. The van der Waals surface area contributed by atoms with Crippen LogP contribution >= 0.6 is 23.1 Å². The van der Waals surface area contributed by atoms with Crippen molar-refractivity contribution in [3.8, 4) is 0 Å². The highest BCUT2D eigenvalue weighted by Crippen LogP contribution is 2.26. The molecule has 0 amide bonds. The zero-order valence-corrected chi connectivity index (χ0v) is 12.9. The van der Waals surface area contributed by atoms with Gasteiger partial charge in [0.15, 0.2) is 0 Å². The van der Waals surface area contributed by atoms with Crippen molar-refractivity contribution in [1.29, 1.82) is 0 Å². The highest BCUT2D eigenvalue weighted by Gasteiger charge is 2.19. The van der Waals surface area contributed by atoms with E-state index in [1.165, 1.54) is 11.5 Å². The monoisotopic (exact) mass is 299 g/mol. The minimum absolute atomic E-state index is 0.195. The summed E-state index contributed by atoms with van der Waals surface area (Å²) in [4.78, 5) is 1.13. The fourth-order valence-corrected chi connectivity index (χ4v) is 2.86. The largest absolute Gasteiger partial charge is 0.309 e. The SMILES string of the molecule is CCCNC(Cc1c(C)nn(C)c1Cl)c1cnns1. The molecule has 104 valence electrons. The molecule has 0 aliphatic heterocycles. The summed E-state index contributed by atoms with van der Waals surface area (Å²) in [5, 5.41) is 12.5. The minimum atomic E-state index is 0.195. The molecule has 2 rings (SSSR count). The first-order valence-electron chi connectivity index (χ1n) is 6.32. The predicted octanol–water partition coefficient (Wildman–Crippen LogP) is 2.52. The van der Waals surface area contributed by atoms with E-state index < -0.39 is 0 Å². The van der Waals surface area contributed by atoms with E-state index in [0.717, 1.165) is 35.5 Å². The van der Waals surface area contributed by atoms with Crippen molar-refractivity contribution < 1.29 is 0 Å². The molecule has 2 aromatic rings. The zero-order valence-electron chi connectivity index (χ0n) is 11.4. The zero-order chi connectivity index (χ0) is 13.8. The van der Waals surface area contributed by atoms with Gasteiger partial charge < -0.3 is 5.32 Å². The van der Waals surface area contributed by atoms with Crippen molar-refractivity contribution in [3.63, 3.8) is 0 Å². The van der Waals surface area contributed by atoms with Crippen molar-refractivity contribution in [1.82, 2.24) is 24.7 Å². The summed E-state index contributed by atoms with van der Waals surface area (Å²) in [5.41, 5.74) is 2.07. The van der Waals surface area contributed by atoms with Crippen molar-refractivity contribution in [2.24, 2.45) is 7.05 Å². The fraction of sp³-hybridized carbons (Fsp3) is 0.583. The molecule has 1 N–H and O–H groups in total. The molecule has 1 unspecified atom stereocenters. The van der Waals surface area contributed by atoms with E-state index in [4.69, 9.17) is 11.6 Å². The lowest BCUT2D eigenvalue weighted by Gasteiger charge is -2.16. The number of hydrogen-bond donors (Lipinski definition) is 1. The number of aryl methyl sites for hydroxylation is 2. The number of rotatable bonds is 6. The molecule has 1 atom stereocenters. The number of nitrogens with zero attached hydrogens (tertiary/aromatic N) is 4. The first-order valence-corrected chi connectivity index (χ1v) is 7.47. The van der Waals surface area contributed by atoms with E-state index in [2.05, 4.69) is 26.9 Å². The Morgan fingerprint density at radius 1 is 1.53 bits per heavy atom. The average Bonchev–Trinajstić information content (AvgIpc) is 2.98. The molecule has 0 saturated heterocycles. The second-order valence-electron chi connectivity index (χ2n) is 4.51. The maximum absolute atomic E-state index is 6.30. The van der Waals surface area contributed by atoms with Crippen LogP contribution in [0.25, 0.3) is 0 Å². The lowest BCUT2D eigenvalue weighted by atomic mass is 10.1. The Bertz CT molecular complexity index is 522. The smallest absolute Gasteiger partial charge is 0.130 e. The molecule has 0 aliphatic rings. The molecule has 0 aliphatic carbocycles. The van der Waals surface area contributed by atoms with Gasteiger partial charge in [-0.05, 0) is 37.8 Å². The fourth-order valence-electron chi connectivity index (χ4n) is 2.03. The van der Waals surface area contributed by atoms with Crippen LogP contribution in [-0.4, -0.2) is 25.9 Å². The van der Waals surface area contributed by atoms with Crippen LogP contribution in [0.3, 0.4) is 0 Å². The third kappa shape index (κ3) is 3.32. The summed E-state index contributed by atoms with van der Waals surface area (Å²) < 4.78 is 5.66. The van der Waals surface area contributed by atoms with Crippen molar-refractivity contribution >= 4 is 23.1 Å². The van der Waals surface area contributed by atoms with Gasteiger partial charge in [0.25, 0.3) is 0 Å². The standard InChI is InChI=1S/C12H18ClN5S/c1-4-5-14-10(11-7-15-17-19-11)6-9-8(2)16-18(3)12(9)13/h7,10,14H,4-6H2,1-3H3. The molecular formula is C12H18ClN5S. The van der Waals surface area contributed by atoms with Gasteiger partial charge in [-0.3, -0.25) is 4.68 Å². The number of hydrogen-bond acceptors (Lipinski definition) is 5. The Morgan fingerprint density at radius 2 is 2.32 bits per heavy atom. The van der Waals surface area contributed by atoms with Gasteiger partial charge in [-0.15, -0.1) is 5.10 Å². The molecule has 19 heavy (non-hydrogen) atoms. The van der Waals surface area contributed by atoms with Gasteiger partial charge >= 0.3 is 0 Å². The van der Waals surface area contributed by atoms with E-state index in [-0.39, 0.29) is 6.04 Å². The van der Waals surface area contributed by atoms with Crippen LogP contribution in [0.4, 0.5) is 0 Å². The Morgan fingerprint density at radius 3 is 2.84 bits per heavy atom. The molecule has 0 radical (unpaired) electrons. The van der Waals surface area contributed by atoms with Crippen LogP contribution in [0.15, 0.2) is 6.20 Å². The molecule has 0 saturated carbocycles. The number of nitrogens with one attached hydrogen (secondary N) is 1. The Labute approximate surface area is 122 Å². The third-order valence-electron chi connectivity index (χ3n) is 3.04. The minimum Gasteiger partial charge on any atom is -0.309 e. The Balaban J connectivity index is 2.20. The van der Waals surface area contributed by atoms with Crippen LogP contribution in [0, 0.1) is 6.92 Å². The normalized spacial score (nSPS) is 12.8. The van der Waals surface area contributed by atoms with E-state index in [9.17, 15) is 0 Å². The van der Waals surface area contributed by atoms with Crippen LogP contribution in [-0.2, 0) is 13.5 Å². The molecular weight excluding hydrogens is 282 g/mol. The first kappa shape index (κ1) is 14.4. The molecule has 0 spiro atoms. The Kier molecular flexibility index (Phi) is 4.90. The van der Waals surface area contributed by atoms with E-state index in [1.54, 1.807) is 4.68 Å². The van der Waals surface area contributed by atoms with E-state index in [0.29, 0.717) is 5.15 Å². The summed E-state index contributed by atoms with van der Waals surface area (Å²) in [6.07, 6.45) is 3.71. The Hall–Kier alpha value is -0.980. The van der Waals surface area contributed by atoms with Gasteiger partial charge in [-0.1, -0.05) is 23.0 Å². The number of aromatic nitrogens is 4. The molecule has 2 heterocycles. The van der Waals surface area contributed by atoms with E-state index >= 15 is 0 Å². The van der Waals surface area contributed by atoms with Crippen LogP contribution in [0.1, 0.15) is 35.5 Å². The van der Waals surface area contributed by atoms with E-state index in [1.807, 2.05) is 20.2 Å². The maximum Gasteiger partial charge on any atom is 0.130 e. The molecule has 0 fully saturated rings. The first-order chi connectivity index (χ1) is 9.13. The van der Waals surface area contributed by atoms with Gasteiger partial charge in [0, 0.05) is 18.7 Å². The third-order valence-corrected chi connectivity index (χ3v) is 4.29. The van der Waals surface area contributed by atoms with Gasteiger partial charge in [0.05, 0.1) is 16.8 Å². The number of halogens is 1. The highest BCUT2D eigenvalue weighted by atomic mass is 35.5. The molecule has 7 heteroatoms. The average molecular weight is 300 g/mol. The highest BCUT2D eigenvalue weighted by molar-refractivity contribution is 7.05. The van der Waals surface area contributed by atoms with Crippen LogP contribution in [0.5, 0.6) is 0 Å². The van der Waals surface area contributed by atoms with Crippen molar-refractivity contribution in [2.75, 3.05) is 6.54 Å². The summed E-state index contributed by atoms with van der Waals surface area (Å²) in [6, 6.07) is 0.195. The van der Waals surface area contributed by atoms with Crippen LogP contribution in [0.2, 0.25) is 5.15 Å². The lowest BCUT2D eigenvalue weighted by molar-refractivity contribution is 0.535. The van der Waals surface area contributed by atoms with Gasteiger partial charge in [-0.25, -0.2) is 0 Å². The summed E-state index contributed by atoms with van der Waals surface area (Å²) in [5.74, 6) is 0. The lowest BCUT2D eigenvalue weighted by Crippen LogP contribution is -2.23. The molecule has 0 bridgehead atoms. The second kappa shape index (κ2) is 6.45. The molecule has 0 aromatic carbocycles. The maximum atomic E-state index is 6.30. The molecule has 2 aromatic heterocycles. The summed E-state index contributed by atoms with van der Waals surface area (Å²) in [6.45, 7) is 5.10. The quantitative estimate of drug-likeness (QED) is 0.890. The topological polar surface area (TPSA) is 55.6 Å². The van der Waals surface area contributed by atoms with Crippen molar-refractivity contribution in [2.45, 2.75) is 32.7 Å². The van der Waals surface area contributed by atoms with Crippen LogP contribution < -0.4 is 5.32 Å². The second-order valence-corrected chi connectivity index (χ2v) is 5.68.